The van der Waals surface area contributed by atoms with Crippen molar-refractivity contribution < 1.29 is 22.7 Å². The Hall–Kier alpha value is -3.08. The van der Waals surface area contributed by atoms with Gasteiger partial charge in [0.25, 0.3) is 15.9 Å². The number of amides is 1. The van der Waals surface area contributed by atoms with Gasteiger partial charge in [-0.25, -0.2) is 8.42 Å². The summed E-state index contributed by atoms with van der Waals surface area (Å²) < 4.78 is 40.1. The second kappa shape index (κ2) is 10.3. The van der Waals surface area contributed by atoms with Crippen LogP contribution in [0.4, 0.5) is 11.4 Å². The second-order valence-electron chi connectivity index (χ2n) is 7.48. The fourth-order valence-corrected chi connectivity index (χ4v) is 6.29. The lowest BCUT2D eigenvalue weighted by atomic mass is 10.2. The molecule has 4 rings (SSSR count). The van der Waals surface area contributed by atoms with Crippen LogP contribution >= 0.6 is 27.3 Å². The lowest BCUT2D eigenvalue weighted by molar-refractivity contribution is 0.103. The summed E-state index contributed by atoms with van der Waals surface area (Å²) >= 11 is 4.66. The highest BCUT2D eigenvalue weighted by Gasteiger charge is 2.24. The van der Waals surface area contributed by atoms with Gasteiger partial charge in [0.15, 0.2) is 0 Å². The number of rotatable bonds is 8. The van der Waals surface area contributed by atoms with Crippen molar-refractivity contribution in [3.8, 4) is 11.5 Å². The maximum absolute atomic E-state index is 13.3. The number of ether oxygens (including phenoxy) is 2. The van der Waals surface area contributed by atoms with E-state index in [0.717, 1.165) is 14.6 Å². The molecule has 0 saturated heterocycles. The monoisotopic (exact) mass is 574 g/mol. The highest BCUT2D eigenvalue weighted by atomic mass is 79.9. The molecule has 4 aromatic rings. The summed E-state index contributed by atoms with van der Waals surface area (Å²) in [6, 6.07) is 18.8. The van der Waals surface area contributed by atoms with Crippen molar-refractivity contribution in [1.29, 1.82) is 0 Å². The number of anilines is 2. The van der Waals surface area contributed by atoms with Crippen LogP contribution in [0.3, 0.4) is 0 Å². The van der Waals surface area contributed by atoms with Gasteiger partial charge in [0.2, 0.25) is 0 Å². The molecule has 0 spiro atoms. The summed E-state index contributed by atoms with van der Waals surface area (Å²) in [4.78, 5) is 13.7. The van der Waals surface area contributed by atoms with E-state index >= 15 is 0 Å². The first kappa shape index (κ1) is 25.0. The number of nitrogens with one attached hydrogen (secondary N) is 1. The number of fused-ring (bicyclic) bond motifs is 1. The number of halogens is 1. The number of sulfonamides is 1. The predicted molar refractivity (Wildman–Crippen MR) is 144 cm³/mol. The van der Waals surface area contributed by atoms with Gasteiger partial charge in [-0.05, 0) is 73.0 Å². The number of hydrogen-bond donors (Lipinski definition) is 1. The maximum Gasteiger partial charge on any atom is 0.265 e. The molecule has 3 aromatic carbocycles. The fraction of sp³-hybridized carbons (Fsp3) is 0.160. The number of thiophene rings is 1. The quantitative estimate of drug-likeness (QED) is 0.273. The fourth-order valence-electron chi connectivity index (χ4n) is 3.62. The van der Waals surface area contributed by atoms with E-state index in [4.69, 9.17) is 9.47 Å². The molecular formula is C25H23BrN2O5S2. The number of carbonyl (C=O) groups is 1. The van der Waals surface area contributed by atoms with Crippen LogP contribution in [-0.2, 0) is 10.0 Å². The first-order valence-electron chi connectivity index (χ1n) is 10.6. The minimum Gasteiger partial charge on any atom is -0.497 e. The molecule has 1 aromatic heterocycles. The molecule has 0 aliphatic carbocycles. The lowest BCUT2D eigenvalue weighted by Gasteiger charge is -2.23. The van der Waals surface area contributed by atoms with E-state index in [9.17, 15) is 13.2 Å². The molecule has 1 N–H and O–H groups in total. The van der Waals surface area contributed by atoms with Crippen molar-refractivity contribution in [1.82, 2.24) is 0 Å². The lowest BCUT2D eigenvalue weighted by Crippen LogP contribution is -2.30. The van der Waals surface area contributed by atoms with E-state index in [-0.39, 0.29) is 17.3 Å². The van der Waals surface area contributed by atoms with Crippen LogP contribution in [0.2, 0.25) is 0 Å². The largest absolute Gasteiger partial charge is 0.497 e. The predicted octanol–water partition coefficient (Wildman–Crippen LogP) is 6.15. The Kier molecular flexibility index (Phi) is 7.34. The Morgan fingerprint density at radius 2 is 1.74 bits per heavy atom. The average molecular weight is 576 g/mol. The summed E-state index contributed by atoms with van der Waals surface area (Å²) in [6.07, 6.45) is 0. The number of nitrogens with zero attached hydrogens (tertiary/aromatic N) is 1. The van der Waals surface area contributed by atoms with Gasteiger partial charge in [-0.2, -0.15) is 0 Å². The van der Waals surface area contributed by atoms with Gasteiger partial charge >= 0.3 is 0 Å². The van der Waals surface area contributed by atoms with Crippen LogP contribution in [0, 0.1) is 0 Å². The van der Waals surface area contributed by atoms with Gasteiger partial charge in [-0.15, -0.1) is 11.3 Å². The Morgan fingerprint density at radius 1 is 1.00 bits per heavy atom. The molecule has 0 atom stereocenters. The van der Waals surface area contributed by atoms with Crippen LogP contribution in [0.1, 0.15) is 16.6 Å². The smallest absolute Gasteiger partial charge is 0.265 e. The molecule has 0 bridgehead atoms. The van der Waals surface area contributed by atoms with Crippen LogP contribution in [0.5, 0.6) is 11.5 Å². The van der Waals surface area contributed by atoms with E-state index in [1.54, 1.807) is 74.7 Å². The average Bonchev–Trinajstić information content (AvgIpc) is 3.28. The van der Waals surface area contributed by atoms with Crippen molar-refractivity contribution in [2.24, 2.45) is 0 Å². The zero-order valence-corrected chi connectivity index (χ0v) is 22.5. The van der Waals surface area contributed by atoms with Crippen molar-refractivity contribution >= 4 is 64.7 Å². The van der Waals surface area contributed by atoms with E-state index in [1.165, 1.54) is 22.8 Å². The van der Waals surface area contributed by atoms with Crippen molar-refractivity contribution in [3.05, 3.63) is 76.1 Å². The summed E-state index contributed by atoms with van der Waals surface area (Å²) in [7, 11) is -0.666. The molecule has 35 heavy (non-hydrogen) atoms. The molecule has 182 valence electrons. The molecule has 7 nitrogen and oxygen atoms in total. The highest BCUT2D eigenvalue weighted by molar-refractivity contribution is 9.10. The Morgan fingerprint density at radius 3 is 2.40 bits per heavy atom. The zero-order chi connectivity index (χ0) is 25.2. The van der Waals surface area contributed by atoms with Crippen LogP contribution in [0.25, 0.3) is 10.1 Å². The molecule has 0 aliphatic heterocycles. The SMILES string of the molecule is CCN(c1ccc2sc(C(=O)Nc3cc(OC)ccc3OC)cc2c1)S(=O)(=O)c1ccc(Br)cc1. The van der Waals surface area contributed by atoms with Crippen molar-refractivity contribution in [2.75, 3.05) is 30.4 Å². The van der Waals surface area contributed by atoms with Gasteiger partial charge in [-0.1, -0.05) is 15.9 Å². The Balaban J connectivity index is 1.64. The Bertz CT molecular complexity index is 1480. The summed E-state index contributed by atoms with van der Waals surface area (Å²) in [5.74, 6) is 0.808. The number of benzene rings is 3. The van der Waals surface area contributed by atoms with Gasteiger partial charge < -0.3 is 14.8 Å². The molecule has 10 heteroatoms. The van der Waals surface area contributed by atoms with Gasteiger partial charge in [0.1, 0.15) is 11.5 Å². The van der Waals surface area contributed by atoms with Crippen molar-refractivity contribution in [2.45, 2.75) is 11.8 Å². The third-order valence-electron chi connectivity index (χ3n) is 5.36. The highest BCUT2D eigenvalue weighted by Crippen LogP contribution is 2.34. The molecule has 0 saturated carbocycles. The van der Waals surface area contributed by atoms with Crippen LogP contribution in [0.15, 0.2) is 76.1 Å². The molecule has 1 heterocycles. The Labute approximate surface area is 216 Å². The van der Waals surface area contributed by atoms with Gasteiger partial charge in [0, 0.05) is 21.8 Å². The third-order valence-corrected chi connectivity index (χ3v) is 8.92. The second-order valence-corrected chi connectivity index (χ2v) is 11.3. The first-order valence-corrected chi connectivity index (χ1v) is 13.7. The molecule has 1 amide bonds. The molecule has 0 aliphatic rings. The number of hydrogen-bond acceptors (Lipinski definition) is 6. The third kappa shape index (κ3) is 5.14. The van der Waals surface area contributed by atoms with E-state index in [2.05, 4.69) is 21.2 Å². The van der Waals surface area contributed by atoms with Crippen molar-refractivity contribution in [3.63, 3.8) is 0 Å². The normalized spacial score (nSPS) is 11.3. The summed E-state index contributed by atoms with van der Waals surface area (Å²) in [6.45, 7) is 2.05. The molecule has 0 fully saturated rings. The molecule has 0 radical (unpaired) electrons. The summed E-state index contributed by atoms with van der Waals surface area (Å²) in [5, 5.41) is 3.65. The topological polar surface area (TPSA) is 84.9 Å². The van der Waals surface area contributed by atoms with Gasteiger partial charge in [0.05, 0.1) is 35.4 Å². The number of methoxy groups -OCH3 is 2. The van der Waals surface area contributed by atoms with E-state index < -0.39 is 10.0 Å². The number of carbonyl (C=O) groups excluding carboxylic acids is 1. The van der Waals surface area contributed by atoms with E-state index in [0.29, 0.717) is 27.8 Å². The van der Waals surface area contributed by atoms with Crippen LogP contribution in [-0.4, -0.2) is 35.1 Å². The summed E-state index contributed by atoms with van der Waals surface area (Å²) in [5.41, 5.74) is 1.02. The zero-order valence-electron chi connectivity index (χ0n) is 19.2. The minimum atomic E-state index is -3.74. The molecular weight excluding hydrogens is 552 g/mol. The molecule has 0 unspecified atom stereocenters. The van der Waals surface area contributed by atoms with Crippen LogP contribution < -0.4 is 19.1 Å². The first-order chi connectivity index (χ1) is 16.8. The standard InChI is InChI=1S/C25H23BrN2O5S2/c1-4-28(35(30,31)20-9-5-17(26)6-10-20)18-7-12-23-16(13-18)14-24(34-23)25(29)27-21-15-19(32-2)8-11-22(21)33-3/h5-15H,4H2,1-3H3,(H,27,29). The minimum absolute atomic E-state index is 0.209. The maximum atomic E-state index is 13.3. The van der Waals surface area contributed by atoms with E-state index in [1.807, 2.05) is 6.07 Å². The van der Waals surface area contributed by atoms with Gasteiger partial charge in [-0.3, -0.25) is 9.10 Å².